The summed E-state index contributed by atoms with van der Waals surface area (Å²) in [4.78, 5) is 37.1. The van der Waals surface area contributed by atoms with Gasteiger partial charge in [0.15, 0.2) is 5.78 Å². The molecule has 1 saturated heterocycles. The Balaban J connectivity index is 1.63. The Morgan fingerprint density at radius 1 is 1.17 bits per heavy atom. The molecule has 0 aromatic heterocycles. The zero-order chi connectivity index (χ0) is 20.6. The van der Waals surface area contributed by atoms with Gasteiger partial charge in [0, 0.05) is 23.7 Å². The SMILES string of the molecule is COC(=O)[C@H]1CC2=CC(=O)CC[C@@]2(C)C2=CC[C@]3(C)[C@H](CC[C@@]34CCC(=O)O4)[C@@H]21. The number of fused-ring (bicyclic) bond motifs is 6. The van der Waals surface area contributed by atoms with Gasteiger partial charge in [-0.1, -0.05) is 31.1 Å². The Hall–Kier alpha value is -1.91. The van der Waals surface area contributed by atoms with Crippen molar-refractivity contribution in [1.29, 1.82) is 0 Å². The fourth-order valence-corrected chi connectivity index (χ4v) is 7.53. The van der Waals surface area contributed by atoms with Crippen molar-refractivity contribution in [3.63, 3.8) is 0 Å². The molecular formula is C24H30O5. The highest BCUT2D eigenvalue weighted by atomic mass is 16.6. The summed E-state index contributed by atoms with van der Waals surface area (Å²) >= 11 is 0. The van der Waals surface area contributed by atoms with Gasteiger partial charge < -0.3 is 9.47 Å². The van der Waals surface area contributed by atoms with Crippen LogP contribution in [-0.2, 0) is 23.9 Å². The maximum Gasteiger partial charge on any atom is 0.309 e. The molecule has 0 aromatic rings. The van der Waals surface area contributed by atoms with Gasteiger partial charge in [-0.2, -0.15) is 0 Å². The van der Waals surface area contributed by atoms with Crippen molar-refractivity contribution < 1.29 is 23.9 Å². The highest BCUT2D eigenvalue weighted by molar-refractivity contribution is 5.92. The van der Waals surface area contributed by atoms with E-state index in [0.717, 1.165) is 37.7 Å². The highest BCUT2D eigenvalue weighted by Gasteiger charge is 2.67. The summed E-state index contributed by atoms with van der Waals surface area (Å²) in [5.41, 5.74) is 1.72. The number of ether oxygens (including phenoxy) is 2. The van der Waals surface area contributed by atoms with Crippen LogP contribution in [-0.4, -0.2) is 30.4 Å². The van der Waals surface area contributed by atoms with Crippen molar-refractivity contribution in [3.8, 4) is 0 Å². The van der Waals surface area contributed by atoms with Gasteiger partial charge in [0.2, 0.25) is 0 Å². The van der Waals surface area contributed by atoms with Crippen LogP contribution in [0.3, 0.4) is 0 Å². The maximum absolute atomic E-state index is 12.9. The number of ketones is 1. The molecule has 0 unspecified atom stereocenters. The largest absolute Gasteiger partial charge is 0.469 e. The molecule has 5 rings (SSSR count). The molecule has 6 atom stereocenters. The summed E-state index contributed by atoms with van der Waals surface area (Å²) in [6.07, 6.45) is 10.1. The quantitative estimate of drug-likeness (QED) is 0.495. The standard InChI is InChI=1S/C24H30O5/c1-22-8-4-15(25)12-14(22)13-16(21(27)28-3)20-17(22)5-9-23(2)18(20)6-10-24(23)11-7-19(26)29-24/h5,12,16,18,20H,4,6-11,13H2,1-3H3/t16-,18+,20+,22+,23+,24+/m0/s1. The number of hydrogen-bond donors (Lipinski definition) is 0. The van der Waals surface area contributed by atoms with Crippen LogP contribution in [0.4, 0.5) is 0 Å². The fourth-order valence-electron chi connectivity index (χ4n) is 7.53. The normalized spacial score (nSPS) is 45.7. The van der Waals surface area contributed by atoms with Crippen molar-refractivity contribution in [2.75, 3.05) is 7.11 Å². The Labute approximate surface area is 171 Å². The number of rotatable bonds is 1. The highest BCUT2D eigenvalue weighted by Crippen LogP contribution is 2.69. The van der Waals surface area contributed by atoms with Crippen molar-refractivity contribution >= 4 is 17.7 Å². The molecule has 3 fully saturated rings. The lowest BCUT2D eigenvalue weighted by molar-refractivity contribution is -0.163. The number of hydrogen-bond acceptors (Lipinski definition) is 5. The number of methoxy groups -OCH3 is 1. The van der Waals surface area contributed by atoms with Crippen LogP contribution in [0, 0.1) is 28.6 Å². The predicted octanol–water partition coefficient (Wildman–Crippen LogP) is 3.91. The van der Waals surface area contributed by atoms with Crippen LogP contribution in [0.1, 0.15) is 65.2 Å². The summed E-state index contributed by atoms with van der Waals surface area (Å²) in [5.74, 6) is 0.00356. The Bertz CT molecular complexity index is 868. The average Bonchev–Trinajstić information content (AvgIpc) is 3.22. The summed E-state index contributed by atoms with van der Waals surface area (Å²) < 4.78 is 11.2. The van der Waals surface area contributed by atoms with Gasteiger partial charge in [-0.15, -0.1) is 0 Å². The van der Waals surface area contributed by atoms with E-state index in [1.165, 1.54) is 12.7 Å². The van der Waals surface area contributed by atoms with Gasteiger partial charge in [0.05, 0.1) is 13.0 Å². The average molecular weight is 398 g/mol. The molecule has 2 saturated carbocycles. The second-order valence-electron chi connectivity index (χ2n) is 10.2. The fraction of sp³-hybridized carbons (Fsp3) is 0.708. The molecule has 5 heteroatoms. The van der Waals surface area contributed by atoms with Crippen molar-refractivity contribution in [3.05, 3.63) is 23.3 Å². The van der Waals surface area contributed by atoms with Gasteiger partial charge in [-0.3, -0.25) is 14.4 Å². The first-order valence-electron chi connectivity index (χ1n) is 11.0. The molecular weight excluding hydrogens is 368 g/mol. The van der Waals surface area contributed by atoms with Crippen molar-refractivity contribution in [2.45, 2.75) is 70.8 Å². The van der Waals surface area contributed by atoms with E-state index in [0.29, 0.717) is 19.3 Å². The van der Waals surface area contributed by atoms with E-state index in [9.17, 15) is 14.4 Å². The Morgan fingerprint density at radius 2 is 1.97 bits per heavy atom. The molecule has 156 valence electrons. The lowest BCUT2D eigenvalue weighted by Gasteiger charge is -2.56. The minimum atomic E-state index is -0.392. The number of allylic oxidation sites excluding steroid dienone is 4. The topological polar surface area (TPSA) is 69.7 Å². The second-order valence-corrected chi connectivity index (χ2v) is 10.2. The molecule has 0 N–H and O–H groups in total. The summed E-state index contributed by atoms with van der Waals surface area (Å²) in [5, 5.41) is 0. The van der Waals surface area contributed by atoms with E-state index in [2.05, 4.69) is 19.9 Å². The molecule has 29 heavy (non-hydrogen) atoms. The zero-order valence-electron chi connectivity index (χ0n) is 17.6. The summed E-state index contributed by atoms with van der Waals surface area (Å²) in [7, 11) is 1.46. The van der Waals surface area contributed by atoms with Crippen molar-refractivity contribution in [2.24, 2.45) is 28.6 Å². The van der Waals surface area contributed by atoms with E-state index in [1.807, 2.05) is 0 Å². The van der Waals surface area contributed by atoms with Crippen LogP contribution < -0.4 is 0 Å². The smallest absolute Gasteiger partial charge is 0.309 e. The molecule has 4 aliphatic carbocycles. The molecule has 5 nitrogen and oxygen atoms in total. The lowest BCUT2D eigenvalue weighted by atomic mass is 9.48. The molecule has 5 aliphatic rings. The number of carbonyl (C=O) groups excluding carboxylic acids is 3. The van der Waals surface area contributed by atoms with Gasteiger partial charge in [-0.25, -0.2) is 0 Å². The predicted molar refractivity (Wildman–Crippen MR) is 106 cm³/mol. The van der Waals surface area contributed by atoms with E-state index in [1.54, 1.807) is 6.08 Å². The van der Waals surface area contributed by atoms with Crippen molar-refractivity contribution in [1.82, 2.24) is 0 Å². The third-order valence-electron chi connectivity index (χ3n) is 9.23. The van der Waals surface area contributed by atoms with Crippen LogP contribution in [0.2, 0.25) is 0 Å². The van der Waals surface area contributed by atoms with E-state index in [-0.39, 0.29) is 46.3 Å². The minimum Gasteiger partial charge on any atom is -0.469 e. The van der Waals surface area contributed by atoms with Crippen LogP contribution in [0.15, 0.2) is 23.3 Å². The van der Waals surface area contributed by atoms with Crippen LogP contribution in [0.25, 0.3) is 0 Å². The third-order valence-corrected chi connectivity index (χ3v) is 9.23. The minimum absolute atomic E-state index is 0.0854. The molecule has 1 spiro atoms. The summed E-state index contributed by atoms with van der Waals surface area (Å²) in [6.45, 7) is 4.52. The molecule has 0 amide bonds. The lowest BCUT2D eigenvalue weighted by Crippen LogP contribution is -2.53. The number of carbonyl (C=O) groups is 3. The molecule has 0 aromatic carbocycles. The van der Waals surface area contributed by atoms with E-state index >= 15 is 0 Å². The first-order chi connectivity index (χ1) is 13.7. The molecule has 1 heterocycles. The second kappa shape index (κ2) is 6.05. The van der Waals surface area contributed by atoms with Gasteiger partial charge in [-0.05, 0) is 56.4 Å². The molecule has 1 aliphatic heterocycles. The zero-order valence-corrected chi connectivity index (χ0v) is 17.6. The first kappa shape index (κ1) is 19.1. The third kappa shape index (κ3) is 2.36. The van der Waals surface area contributed by atoms with Crippen LogP contribution in [0.5, 0.6) is 0 Å². The summed E-state index contributed by atoms with van der Waals surface area (Å²) in [6, 6.07) is 0. The maximum atomic E-state index is 12.9. The van der Waals surface area contributed by atoms with E-state index in [4.69, 9.17) is 9.47 Å². The monoisotopic (exact) mass is 398 g/mol. The number of esters is 2. The Kier molecular flexibility index (Phi) is 3.98. The first-order valence-corrected chi connectivity index (χ1v) is 11.0. The van der Waals surface area contributed by atoms with Gasteiger partial charge >= 0.3 is 11.9 Å². The van der Waals surface area contributed by atoms with E-state index < -0.39 is 5.60 Å². The van der Waals surface area contributed by atoms with Crippen LogP contribution >= 0.6 is 0 Å². The molecule has 0 bridgehead atoms. The Morgan fingerprint density at radius 3 is 2.66 bits per heavy atom. The van der Waals surface area contributed by atoms with Gasteiger partial charge in [0.1, 0.15) is 5.60 Å². The van der Waals surface area contributed by atoms with Gasteiger partial charge in [0.25, 0.3) is 0 Å². The molecule has 0 radical (unpaired) electrons.